The number of ether oxygens (including phenoxy) is 4. The topological polar surface area (TPSA) is 91.3 Å². The van der Waals surface area contributed by atoms with Crippen LogP contribution in [0, 0.1) is 17.8 Å². The van der Waals surface area contributed by atoms with Gasteiger partial charge < -0.3 is 24.1 Å². The molecular formula is C35H36O7. The lowest BCUT2D eigenvalue weighted by Crippen LogP contribution is -2.70. The van der Waals surface area contributed by atoms with E-state index in [0.717, 1.165) is 11.1 Å². The van der Waals surface area contributed by atoms with Gasteiger partial charge in [-0.15, -0.1) is 0 Å². The van der Waals surface area contributed by atoms with Crippen LogP contribution in [0.1, 0.15) is 49.5 Å². The van der Waals surface area contributed by atoms with Crippen molar-refractivity contribution in [1.29, 1.82) is 0 Å². The molecule has 2 aromatic carbocycles. The number of rotatable bonds is 6. The first kappa shape index (κ1) is 27.5. The minimum absolute atomic E-state index is 0.0279. The van der Waals surface area contributed by atoms with E-state index in [-0.39, 0.29) is 24.7 Å². The van der Waals surface area contributed by atoms with Crippen molar-refractivity contribution in [3.63, 3.8) is 0 Å². The van der Waals surface area contributed by atoms with Crippen molar-refractivity contribution in [2.24, 2.45) is 17.8 Å². The molecule has 7 heteroatoms. The van der Waals surface area contributed by atoms with Gasteiger partial charge in [-0.05, 0) is 60.6 Å². The minimum atomic E-state index is -1.76. The fraction of sp³-hybridized carbons (Fsp3) is 0.429. The number of carbonyl (C=O) groups excluding carboxylic acids is 2. The third-order valence-electron chi connectivity index (χ3n) is 10.1. The molecule has 3 aliphatic carbocycles. The Bertz CT molecular complexity index is 1530. The van der Waals surface area contributed by atoms with Crippen LogP contribution in [0.2, 0.25) is 0 Å². The summed E-state index contributed by atoms with van der Waals surface area (Å²) >= 11 is 0. The summed E-state index contributed by atoms with van der Waals surface area (Å²) in [6, 6.07) is 18.7. The fourth-order valence-electron chi connectivity index (χ4n) is 8.30. The number of Topliss-reactive ketones (excluding diaryl/α,β-unsaturated/α-hetero) is 1. The van der Waals surface area contributed by atoms with Crippen molar-refractivity contribution in [2.45, 2.75) is 68.9 Å². The van der Waals surface area contributed by atoms with Crippen molar-refractivity contribution in [3.05, 3.63) is 107 Å². The van der Waals surface area contributed by atoms with Crippen molar-refractivity contribution in [1.82, 2.24) is 0 Å². The fourth-order valence-corrected chi connectivity index (χ4v) is 8.30. The summed E-state index contributed by atoms with van der Waals surface area (Å²) in [7, 11) is 0. The number of hydrogen-bond acceptors (Lipinski definition) is 7. The van der Waals surface area contributed by atoms with Crippen LogP contribution in [-0.2, 0) is 30.2 Å². The average molecular weight is 569 g/mol. The molecule has 7 rings (SSSR count). The molecule has 0 amide bonds. The molecule has 7 nitrogen and oxygen atoms in total. The lowest BCUT2D eigenvalue weighted by atomic mass is 9.55. The zero-order valence-corrected chi connectivity index (χ0v) is 24.2. The lowest BCUT2D eigenvalue weighted by Gasteiger charge is -2.59. The predicted octanol–water partition coefficient (Wildman–Crippen LogP) is 5.10. The van der Waals surface area contributed by atoms with Crippen molar-refractivity contribution in [2.75, 3.05) is 6.61 Å². The van der Waals surface area contributed by atoms with E-state index in [1.165, 1.54) is 0 Å². The van der Waals surface area contributed by atoms with Crippen LogP contribution in [0.25, 0.3) is 0 Å². The second-order valence-electron chi connectivity index (χ2n) is 12.8. The second-order valence-corrected chi connectivity index (χ2v) is 12.8. The summed E-state index contributed by atoms with van der Waals surface area (Å²) in [6.45, 7) is 10.1. The van der Waals surface area contributed by atoms with Gasteiger partial charge in [0, 0.05) is 18.3 Å². The van der Waals surface area contributed by atoms with E-state index >= 15 is 0 Å². The van der Waals surface area contributed by atoms with Gasteiger partial charge >= 0.3 is 5.97 Å². The summed E-state index contributed by atoms with van der Waals surface area (Å²) < 4.78 is 26.6. The molecule has 3 bridgehead atoms. The summed E-state index contributed by atoms with van der Waals surface area (Å²) in [5.74, 6) is -3.40. The highest BCUT2D eigenvalue weighted by Gasteiger charge is 2.79. The van der Waals surface area contributed by atoms with Gasteiger partial charge in [0.1, 0.15) is 23.9 Å². The molecule has 2 saturated heterocycles. The number of benzene rings is 2. The first-order valence-electron chi connectivity index (χ1n) is 14.7. The van der Waals surface area contributed by atoms with Gasteiger partial charge in [0.15, 0.2) is 5.78 Å². The minimum Gasteiger partial charge on any atom is -0.458 e. The highest BCUT2D eigenvalue weighted by atomic mass is 16.9. The summed E-state index contributed by atoms with van der Waals surface area (Å²) in [5, 5.41) is 12.3. The molecule has 3 fully saturated rings. The second kappa shape index (κ2) is 9.32. The first-order chi connectivity index (χ1) is 20.0. The molecule has 0 spiro atoms. The maximum Gasteiger partial charge on any atom is 0.338 e. The Morgan fingerprint density at radius 2 is 1.76 bits per heavy atom. The molecule has 1 saturated carbocycles. The maximum atomic E-state index is 13.7. The zero-order chi connectivity index (χ0) is 29.5. The van der Waals surface area contributed by atoms with Gasteiger partial charge in [-0.25, -0.2) is 4.79 Å². The van der Waals surface area contributed by atoms with Gasteiger partial charge in [-0.1, -0.05) is 74.2 Å². The molecule has 2 aliphatic heterocycles. The van der Waals surface area contributed by atoms with Gasteiger partial charge in [0.25, 0.3) is 5.97 Å². The quantitative estimate of drug-likeness (QED) is 0.383. The van der Waals surface area contributed by atoms with Gasteiger partial charge in [0.05, 0.1) is 17.6 Å². The first-order valence-corrected chi connectivity index (χ1v) is 14.7. The van der Waals surface area contributed by atoms with Crippen LogP contribution in [0.3, 0.4) is 0 Å². The Labute approximate surface area is 245 Å². The van der Waals surface area contributed by atoms with Gasteiger partial charge in [-0.3, -0.25) is 4.79 Å². The van der Waals surface area contributed by atoms with Crippen LogP contribution >= 0.6 is 0 Å². The molecule has 2 heterocycles. The Kier molecular flexibility index (Phi) is 6.09. The van der Waals surface area contributed by atoms with E-state index in [9.17, 15) is 14.7 Å². The normalized spacial score (nSPS) is 39.6. The maximum absolute atomic E-state index is 13.7. The third kappa shape index (κ3) is 3.73. The van der Waals surface area contributed by atoms with E-state index in [1.807, 2.05) is 55.5 Å². The average Bonchev–Trinajstić information content (AvgIpc) is 3.28. The zero-order valence-electron chi connectivity index (χ0n) is 24.2. The van der Waals surface area contributed by atoms with E-state index in [4.69, 9.17) is 18.9 Å². The Balaban J connectivity index is 1.35. The highest BCUT2D eigenvalue weighted by molar-refractivity contribution is 6.05. The number of aliphatic hydroxyl groups is 1. The molecule has 2 aromatic rings. The molecule has 8 atom stereocenters. The van der Waals surface area contributed by atoms with Crippen LogP contribution in [0.4, 0.5) is 0 Å². The SMILES string of the molecule is C=C(C)[C@]12C[C@@H](C)[C@@]34OC(Cc5ccccc5)(O[C@@H]1[C@@H]3C=C(COC(=O)c1ccccc1)C[C@]1(O)C(=O)C(C)=C[C@@H]41)O2. The van der Waals surface area contributed by atoms with Crippen LogP contribution < -0.4 is 0 Å². The standard InChI is InChI=1S/C35H36O7/c1-21(2)33-17-23(4)35-27(30(33)40-34(41-33,42-35)19-24-11-7-5-8-12-24)16-25(18-32(38)28(35)15-22(3)29(32)36)20-39-31(37)26-13-9-6-10-14-26/h5-16,23,27-28,30,38H,1,17-20H2,2-4H3/t23-,27+,28-,30-,32-,33-,34?,35-/m1/s1. The molecule has 0 aromatic heterocycles. The van der Waals surface area contributed by atoms with Crippen LogP contribution in [-0.4, -0.2) is 52.3 Å². The molecule has 1 unspecified atom stereocenters. The number of ketones is 1. The summed E-state index contributed by atoms with van der Waals surface area (Å²) in [5.41, 5.74) is -0.191. The van der Waals surface area contributed by atoms with Crippen LogP contribution in [0.5, 0.6) is 0 Å². The summed E-state index contributed by atoms with van der Waals surface area (Å²) in [4.78, 5) is 26.6. The number of hydrogen-bond donors (Lipinski definition) is 1. The smallest absolute Gasteiger partial charge is 0.338 e. The largest absolute Gasteiger partial charge is 0.458 e. The highest BCUT2D eigenvalue weighted by Crippen LogP contribution is 2.68. The Morgan fingerprint density at radius 3 is 2.45 bits per heavy atom. The van der Waals surface area contributed by atoms with E-state index < -0.39 is 46.7 Å². The number of carbonyl (C=O) groups is 2. The van der Waals surface area contributed by atoms with Crippen LogP contribution in [0.15, 0.2) is 96.1 Å². The predicted molar refractivity (Wildman–Crippen MR) is 154 cm³/mol. The monoisotopic (exact) mass is 568 g/mol. The molecule has 218 valence electrons. The molecule has 42 heavy (non-hydrogen) atoms. The number of esters is 1. The summed E-state index contributed by atoms with van der Waals surface area (Å²) in [6.07, 6.45) is 4.36. The van der Waals surface area contributed by atoms with Crippen molar-refractivity contribution in [3.8, 4) is 0 Å². The van der Waals surface area contributed by atoms with E-state index in [1.54, 1.807) is 31.2 Å². The van der Waals surface area contributed by atoms with Crippen molar-refractivity contribution >= 4 is 11.8 Å². The third-order valence-corrected chi connectivity index (χ3v) is 10.1. The van der Waals surface area contributed by atoms with Gasteiger partial charge in [0.2, 0.25) is 0 Å². The van der Waals surface area contributed by atoms with Gasteiger partial charge in [-0.2, -0.15) is 0 Å². The number of fused-ring (bicyclic) bond motifs is 2. The molecule has 0 radical (unpaired) electrons. The van der Waals surface area contributed by atoms with E-state index in [0.29, 0.717) is 29.6 Å². The molecular weight excluding hydrogens is 532 g/mol. The Morgan fingerprint density at radius 1 is 1.07 bits per heavy atom. The molecule has 1 N–H and O–H groups in total. The van der Waals surface area contributed by atoms with Crippen molar-refractivity contribution < 1.29 is 33.6 Å². The Hall–Kier alpha value is -3.36. The van der Waals surface area contributed by atoms with E-state index in [2.05, 4.69) is 13.5 Å². The molecule has 5 aliphatic rings. The lowest BCUT2D eigenvalue weighted by molar-refractivity contribution is -0.421.